The summed E-state index contributed by atoms with van der Waals surface area (Å²) in [5, 5.41) is 10.8. The molecule has 104 valence electrons. The minimum absolute atomic E-state index is 0.703. The van der Waals surface area contributed by atoms with Gasteiger partial charge in [-0.05, 0) is 31.4 Å². The van der Waals surface area contributed by atoms with Crippen LogP contribution < -0.4 is 4.90 Å². The van der Waals surface area contributed by atoms with E-state index in [1.807, 2.05) is 18.2 Å². The highest BCUT2D eigenvalue weighted by molar-refractivity contribution is 5.33. The van der Waals surface area contributed by atoms with E-state index in [0.717, 1.165) is 24.6 Å². The number of benzene rings is 1. The van der Waals surface area contributed by atoms with Crippen molar-refractivity contribution in [2.45, 2.75) is 25.4 Å². The van der Waals surface area contributed by atoms with Crippen molar-refractivity contribution in [2.24, 2.45) is 0 Å². The SMILES string of the molecule is Cc1ccc(C2(O)CCN(c3ncccn3)CC2)cc1. The van der Waals surface area contributed by atoms with Crippen LogP contribution >= 0.6 is 0 Å². The maximum atomic E-state index is 10.8. The smallest absolute Gasteiger partial charge is 0.225 e. The van der Waals surface area contributed by atoms with Crippen molar-refractivity contribution in [3.8, 4) is 0 Å². The highest BCUT2D eigenvalue weighted by Crippen LogP contribution is 2.33. The molecule has 0 saturated carbocycles. The van der Waals surface area contributed by atoms with Gasteiger partial charge in [-0.15, -0.1) is 0 Å². The number of hydrogen-bond acceptors (Lipinski definition) is 4. The van der Waals surface area contributed by atoms with Gasteiger partial charge < -0.3 is 10.0 Å². The van der Waals surface area contributed by atoms with Crippen molar-refractivity contribution in [3.63, 3.8) is 0 Å². The summed E-state index contributed by atoms with van der Waals surface area (Å²) in [7, 11) is 0. The molecule has 4 nitrogen and oxygen atoms in total. The quantitative estimate of drug-likeness (QED) is 0.908. The van der Waals surface area contributed by atoms with Gasteiger partial charge in [0.25, 0.3) is 0 Å². The summed E-state index contributed by atoms with van der Waals surface area (Å²) in [4.78, 5) is 10.7. The Kier molecular flexibility index (Phi) is 3.40. The van der Waals surface area contributed by atoms with Crippen LogP contribution in [-0.2, 0) is 5.60 Å². The zero-order valence-electron chi connectivity index (χ0n) is 11.7. The Morgan fingerprint density at radius 2 is 1.65 bits per heavy atom. The topological polar surface area (TPSA) is 49.2 Å². The highest BCUT2D eigenvalue weighted by Gasteiger charge is 2.34. The van der Waals surface area contributed by atoms with Crippen LogP contribution in [0.3, 0.4) is 0 Å². The van der Waals surface area contributed by atoms with Gasteiger partial charge in [-0.25, -0.2) is 9.97 Å². The van der Waals surface area contributed by atoms with Gasteiger partial charge >= 0.3 is 0 Å². The minimum atomic E-state index is -0.723. The molecule has 0 atom stereocenters. The first kappa shape index (κ1) is 13.1. The molecule has 0 amide bonds. The zero-order chi connectivity index (χ0) is 14.0. The Morgan fingerprint density at radius 1 is 1.05 bits per heavy atom. The summed E-state index contributed by atoms with van der Waals surface area (Å²) < 4.78 is 0. The Morgan fingerprint density at radius 3 is 2.25 bits per heavy atom. The van der Waals surface area contributed by atoms with Gasteiger partial charge in [0.1, 0.15) is 0 Å². The van der Waals surface area contributed by atoms with E-state index in [0.29, 0.717) is 12.8 Å². The molecule has 0 spiro atoms. The molecule has 2 heterocycles. The number of piperidine rings is 1. The first-order valence-electron chi connectivity index (χ1n) is 6.99. The Balaban J connectivity index is 1.73. The largest absolute Gasteiger partial charge is 0.385 e. The van der Waals surface area contributed by atoms with Crippen LogP contribution in [0.1, 0.15) is 24.0 Å². The zero-order valence-corrected chi connectivity index (χ0v) is 11.7. The van der Waals surface area contributed by atoms with Crippen LogP contribution in [-0.4, -0.2) is 28.2 Å². The molecule has 1 N–H and O–H groups in total. The third-order valence-electron chi connectivity index (χ3n) is 4.01. The van der Waals surface area contributed by atoms with E-state index in [1.165, 1.54) is 5.56 Å². The summed E-state index contributed by atoms with van der Waals surface area (Å²) >= 11 is 0. The third-order valence-corrected chi connectivity index (χ3v) is 4.01. The molecule has 1 fully saturated rings. The molecular formula is C16H19N3O. The van der Waals surface area contributed by atoms with E-state index in [2.05, 4.69) is 33.9 Å². The van der Waals surface area contributed by atoms with Crippen molar-refractivity contribution >= 4 is 5.95 Å². The minimum Gasteiger partial charge on any atom is -0.385 e. The lowest BCUT2D eigenvalue weighted by Crippen LogP contribution is -2.43. The summed E-state index contributed by atoms with van der Waals surface area (Å²) in [6.07, 6.45) is 4.91. The third kappa shape index (κ3) is 2.51. The average Bonchev–Trinajstić information content (AvgIpc) is 2.49. The van der Waals surface area contributed by atoms with Crippen molar-refractivity contribution < 1.29 is 5.11 Å². The second kappa shape index (κ2) is 5.21. The summed E-state index contributed by atoms with van der Waals surface area (Å²) in [5.41, 5.74) is 1.50. The molecule has 3 rings (SSSR count). The number of anilines is 1. The number of aryl methyl sites for hydroxylation is 1. The number of rotatable bonds is 2. The lowest BCUT2D eigenvalue weighted by atomic mass is 9.84. The Bertz CT molecular complexity index is 560. The lowest BCUT2D eigenvalue weighted by Gasteiger charge is -2.38. The molecule has 20 heavy (non-hydrogen) atoms. The lowest BCUT2D eigenvalue weighted by molar-refractivity contribution is 0.0115. The predicted molar refractivity (Wildman–Crippen MR) is 78.6 cm³/mol. The molecule has 1 saturated heterocycles. The van der Waals surface area contributed by atoms with E-state index in [9.17, 15) is 5.11 Å². The summed E-state index contributed by atoms with van der Waals surface area (Å²) in [6.45, 7) is 3.60. The van der Waals surface area contributed by atoms with Crippen LogP contribution in [0.25, 0.3) is 0 Å². The van der Waals surface area contributed by atoms with Crippen molar-refractivity contribution in [1.82, 2.24) is 9.97 Å². The van der Waals surface area contributed by atoms with E-state index in [-0.39, 0.29) is 0 Å². The van der Waals surface area contributed by atoms with Crippen molar-refractivity contribution in [1.29, 1.82) is 0 Å². The van der Waals surface area contributed by atoms with Crippen LogP contribution in [0.5, 0.6) is 0 Å². The number of hydrogen-bond donors (Lipinski definition) is 1. The molecule has 1 aliphatic heterocycles. The molecule has 0 bridgehead atoms. The fraction of sp³-hybridized carbons (Fsp3) is 0.375. The first-order valence-corrected chi connectivity index (χ1v) is 6.99. The Hall–Kier alpha value is -1.94. The van der Waals surface area contributed by atoms with Gasteiger partial charge in [-0.3, -0.25) is 0 Å². The summed E-state index contributed by atoms with van der Waals surface area (Å²) in [6, 6.07) is 9.99. The molecule has 1 aliphatic rings. The number of nitrogens with zero attached hydrogens (tertiary/aromatic N) is 3. The Labute approximate surface area is 119 Å². The molecule has 2 aromatic rings. The molecule has 0 aliphatic carbocycles. The second-order valence-electron chi connectivity index (χ2n) is 5.43. The van der Waals surface area contributed by atoms with Crippen LogP contribution in [0.4, 0.5) is 5.95 Å². The maximum Gasteiger partial charge on any atom is 0.225 e. The maximum absolute atomic E-state index is 10.8. The van der Waals surface area contributed by atoms with Crippen LogP contribution in [0.15, 0.2) is 42.7 Å². The van der Waals surface area contributed by atoms with Gasteiger partial charge in [-0.2, -0.15) is 0 Å². The van der Waals surface area contributed by atoms with Crippen LogP contribution in [0, 0.1) is 6.92 Å². The van der Waals surface area contributed by atoms with Gasteiger partial charge in [-0.1, -0.05) is 29.8 Å². The molecule has 0 radical (unpaired) electrons. The van der Waals surface area contributed by atoms with Crippen LogP contribution in [0.2, 0.25) is 0 Å². The molecule has 0 unspecified atom stereocenters. The molecule has 4 heteroatoms. The normalized spacial score (nSPS) is 18.0. The van der Waals surface area contributed by atoms with E-state index < -0.39 is 5.60 Å². The average molecular weight is 269 g/mol. The monoisotopic (exact) mass is 269 g/mol. The second-order valence-corrected chi connectivity index (χ2v) is 5.43. The summed E-state index contributed by atoms with van der Waals surface area (Å²) in [5.74, 6) is 0.749. The van der Waals surface area contributed by atoms with Gasteiger partial charge in [0.2, 0.25) is 5.95 Å². The number of aromatic nitrogens is 2. The molecule has 1 aromatic heterocycles. The molecule has 1 aromatic carbocycles. The van der Waals surface area contributed by atoms with Crippen molar-refractivity contribution in [3.05, 3.63) is 53.9 Å². The van der Waals surface area contributed by atoms with Gasteiger partial charge in [0.05, 0.1) is 5.60 Å². The van der Waals surface area contributed by atoms with E-state index in [1.54, 1.807) is 12.4 Å². The van der Waals surface area contributed by atoms with E-state index in [4.69, 9.17) is 0 Å². The molecular weight excluding hydrogens is 250 g/mol. The number of aliphatic hydroxyl groups is 1. The van der Waals surface area contributed by atoms with E-state index >= 15 is 0 Å². The standard InChI is InChI=1S/C16H19N3O/c1-13-3-5-14(6-4-13)16(20)7-11-19(12-8-16)15-17-9-2-10-18-15/h2-6,9-10,20H,7-8,11-12H2,1H3. The predicted octanol–water partition coefficient (Wildman–Crippen LogP) is 2.27. The fourth-order valence-electron chi connectivity index (χ4n) is 2.68. The fourth-order valence-corrected chi connectivity index (χ4v) is 2.68. The van der Waals surface area contributed by atoms with Gasteiger partial charge in [0, 0.05) is 25.5 Å². The van der Waals surface area contributed by atoms with Gasteiger partial charge in [0.15, 0.2) is 0 Å². The van der Waals surface area contributed by atoms with Crippen molar-refractivity contribution in [2.75, 3.05) is 18.0 Å². The first-order chi connectivity index (χ1) is 9.67. The highest BCUT2D eigenvalue weighted by atomic mass is 16.3.